The van der Waals surface area contributed by atoms with E-state index < -0.39 is 21.9 Å². The molecule has 27 heavy (non-hydrogen) atoms. The molecule has 0 saturated carbocycles. The number of anilines is 2. The van der Waals surface area contributed by atoms with Crippen LogP contribution in [-0.2, 0) is 24.3 Å². The van der Waals surface area contributed by atoms with Gasteiger partial charge in [-0.1, -0.05) is 0 Å². The largest absolute Gasteiger partial charge is 0.466 e. The average molecular weight is 390 g/mol. The van der Waals surface area contributed by atoms with Crippen LogP contribution >= 0.6 is 0 Å². The first-order chi connectivity index (χ1) is 12.7. The monoisotopic (exact) mass is 390 g/mol. The zero-order chi connectivity index (χ0) is 20.0. The van der Waals surface area contributed by atoms with E-state index in [1.807, 2.05) is 0 Å². The van der Waals surface area contributed by atoms with E-state index in [-0.39, 0.29) is 10.8 Å². The van der Waals surface area contributed by atoms with Gasteiger partial charge in [-0.05, 0) is 44.2 Å². The van der Waals surface area contributed by atoms with E-state index in [4.69, 9.17) is 0 Å². The summed E-state index contributed by atoms with van der Waals surface area (Å²) in [5.41, 5.74) is 1.63. The van der Waals surface area contributed by atoms with Crippen LogP contribution in [0.25, 0.3) is 0 Å². The molecule has 2 N–H and O–H groups in total. The molecule has 0 aliphatic rings. The summed E-state index contributed by atoms with van der Waals surface area (Å²) in [6.45, 7) is 3.47. The number of nitrogens with zero attached hydrogens (tertiary/aromatic N) is 2. The lowest BCUT2D eigenvalue weighted by Crippen LogP contribution is -2.16. The highest BCUT2D eigenvalue weighted by Crippen LogP contribution is 2.17. The zero-order valence-corrected chi connectivity index (χ0v) is 15.7. The molecule has 1 heterocycles. The first-order valence-electron chi connectivity index (χ1n) is 7.72. The Morgan fingerprint density at radius 2 is 1.63 bits per heavy atom. The van der Waals surface area contributed by atoms with E-state index in [1.165, 1.54) is 31.4 Å². The number of amides is 1. The maximum atomic E-state index is 12.4. The first-order valence-corrected chi connectivity index (χ1v) is 9.20. The van der Waals surface area contributed by atoms with Crippen molar-refractivity contribution in [3.8, 4) is 0 Å². The molecule has 0 atom stereocenters. The number of rotatable bonds is 6. The van der Waals surface area contributed by atoms with E-state index in [0.29, 0.717) is 17.1 Å². The third-order valence-corrected chi connectivity index (χ3v) is 4.56. The summed E-state index contributed by atoms with van der Waals surface area (Å²) in [6, 6.07) is 7.21. The fourth-order valence-electron chi connectivity index (χ4n) is 2.06. The molecule has 2 aromatic rings. The summed E-state index contributed by atoms with van der Waals surface area (Å²) < 4.78 is 31.5. The molecule has 0 unspecified atom stereocenters. The second-order valence-corrected chi connectivity index (χ2v) is 7.13. The normalized spacial score (nSPS) is 11.2. The van der Waals surface area contributed by atoms with Crippen LogP contribution in [-0.4, -0.2) is 37.4 Å². The van der Waals surface area contributed by atoms with Crippen molar-refractivity contribution in [3.05, 3.63) is 53.9 Å². The lowest BCUT2D eigenvalue weighted by Gasteiger charge is -2.09. The molecule has 0 aliphatic carbocycles. The highest BCUT2D eigenvalue weighted by atomic mass is 32.2. The molecule has 10 heteroatoms. The minimum absolute atomic E-state index is 0.0159. The molecule has 0 fully saturated rings. The Morgan fingerprint density at radius 3 is 2.19 bits per heavy atom. The number of methoxy groups -OCH3 is 1. The van der Waals surface area contributed by atoms with Gasteiger partial charge in [0.25, 0.3) is 10.0 Å². The topological polar surface area (TPSA) is 127 Å². The Balaban J connectivity index is 2.10. The van der Waals surface area contributed by atoms with Crippen molar-refractivity contribution in [1.29, 1.82) is 0 Å². The van der Waals surface area contributed by atoms with Crippen molar-refractivity contribution in [2.45, 2.75) is 18.7 Å². The number of nitrogens with one attached hydrogen (secondary N) is 2. The molecule has 9 nitrogen and oxygen atoms in total. The summed E-state index contributed by atoms with van der Waals surface area (Å²) >= 11 is 0. The van der Waals surface area contributed by atoms with Gasteiger partial charge in [-0.15, -0.1) is 0 Å². The quantitative estimate of drug-likeness (QED) is 0.566. The van der Waals surface area contributed by atoms with Crippen molar-refractivity contribution >= 4 is 33.5 Å². The third-order valence-electron chi connectivity index (χ3n) is 3.21. The fraction of sp³-hybridized carbons (Fsp3) is 0.176. The summed E-state index contributed by atoms with van der Waals surface area (Å²) in [4.78, 5) is 30.7. The fourth-order valence-corrected chi connectivity index (χ4v) is 3.01. The SMILES string of the molecule is COC(=O)/C=C/C(=O)Nc1ccc(S(=O)(=O)Nc2nc(C)cc(C)n2)cc1. The Kier molecular flexibility index (Phi) is 6.24. The average Bonchev–Trinajstić information content (AvgIpc) is 2.58. The second kappa shape index (κ2) is 8.41. The van der Waals surface area contributed by atoms with Crippen LogP contribution in [0.5, 0.6) is 0 Å². The molecule has 0 saturated heterocycles. The second-order valence-electron chi connectivity index (χ2n) is 5.45. The van der Waals surface area contributed by atoms with E-state index >= 15 is 0 Å². The predicted molar refractivity (Wildman–Crippen MR) is 98.5 cm³/mol. The Bertz CT molecular complexity index is 965. The molecule has 1 amide bonds. The summed E-state index contributed by atoms with van der Waals surface area (Å²) in [7, 11) is -2.68. The van der Waals surface area contributed by atoms with Crippen LogP contribution in [0, 0.1) is 13.8 Å². The van der Waals surface area contributed by atoms with Crippen LogP contribution in [0.1, 0.15) is 11.4 Å². The molecule has 2 rings (SSSR count). The molecular weight excluding hydrogens is 372 g/mol. The minimum atomic E-state index is -3.88. The summed E-state index contributed by atoms with van der Waals surface area (Å²) in [6.07, 6.45) is 1.98. The maximum Gasteiger partial charge on any atom is 0.330 e. The standard InChI is InChI=1S/C17H18N4O5S/c1-11-10-12(2)19-17(18-11)21-27(24,25)14-6-4-13(5-7-14)20-15(22)8-9-16(23)26-3/h4-10H,1-3H3,(H,20,22)(H,18,19,21)/b9-8+. The lowest BCUT2D eigenvalue weighted by atomic mass is 10.3. The molecule has 0 bridgehead atoms. The molecule has 0 aliphatic heterocycles. The number of esters is 1. The number of hydrogen-bond donors (Lipinski definition) is 2. The molecule has 1 aromatic carbocycles. The molecular formula is C17H18N4O5S. The number of carbonyl (C=O) groups is 2. The van der Waals surface area contributed by atoms with Crippen molar-refractivity contribution in [1.82, 2.24) is 9.97 Å². The van der Waals surface area contributed by atoms with Crippen molar-refractivity contribution in [2.24, 2.45) is 0 Å². The van der Waals surface area contributed by atoms with Gasteiger partial charge in [0, 0.05) is 29.2 Å². The molecule has 0 spiro atoms. The van der Waals surface area contributed by atoms with Gasteiger partial charge in [0.15, 0.2) is 0 Å². The van der Waals surface area contributed by atoms with E-state index in [1.54, 1.807) is 19.9 Å². The molecule has 0 radical (unpaired) electrons. The zero-order valence-electron chi connectivity index (χ0n) is 14.9. The van der Waals surface area contributed by atoms with Gasteiger partial charge >= 0.3 is 5.97 Å². The van der Waals surface area contributed by atoms with Gasteiger partial charge in [0.2, 0.25) is 11.9 Å². The van der Waals surface area contributed by atoms with Crippen LogP contribution in [0.15, 0.2) is 47.4 Å². The van der Waals surface area contributed by atoms with Crippen LogP contribution in [0.2, 0.25) is 0 Å². The first kappa shape index (κ1) is 20.0. The number of aryl methyl sites for hydroxylation is 2. The van der Waals surface area contributed by atoms with Gasteiger partial charge in [-0.3, -0.25) is 4.79 Å². The van der Waals surface area contributed by atoms with E-state index in [0.717, 1.165) is 12.2 Å². The van der Waals surface area contributed by atoms with Crippen LogP contribution in [0.4, 0.5) is 11.6 Å². The summed E-state index contributed by atoms with van der Waals surface area (Å²) in [5.74, 6) is -1.23. The van der Waals surface area contributed by atoms with Gasteiger partial charge < -0.3 is 10.1 Å². The van der Waals surface area contributed by atoms with Gasteiger partial charge in [-0.2, -0.15) is 0 Å². The maximum absolute atomic E-state index is 12.4. The Labute approximate surface area is 156 Å². The van der Waals surface area contributed by atoms with Gasteiger partial charge in [-0.25, -0.2) is 27.9 Å². The smallest absolute Gasteiger partial charge is 0.330 e. The van der Waals surface area contributed by atoms with Crippen molar-refractivity contribution < 1.29 is 22.7 Å². The van der Waals surface area contributed by atoms with Gasteiger partial charge in [0.05, 0.1) is 12.0 Å². The van der Waals surface area contributed by atoms with E-state index in [9.17, 15) is 18.0 Å². The van der Waals surface area contributed by atoms with Crippen LogP contribution in [0.3, 0.4) is 0 Å². The van der Waals surface area contributed by atoms with Crippen molar-refractivity contribution in [3.63, 3.8) is 0 Å². The van der Waals surface area contributed by atoms with E-state index in [2.05, 4.69) is 24.7 Å². The summed E-state index contributed by atoms with van der Waals surface area (Å²) in [5, 5.41) is 2.49. The highest BCUT2D eigenvalue weighted by Gasteiger charge is 2.16. The minimum Gasteiger partial charge on any atom is -0.466 e. The third kappa shape index (κ3) is 5.89. The number of ether oxygens (including phenoxy) is 1. The number of aromatic nitrogens is 2. The number of carbonyl (C=O) groups excluding carboxylic acids is 2. The van der Waals surface area contributed by atoms with Crippen LogP contribution < -0.4 is 10.0 Å². The van der Waals surface area contributed by atoms with Gasteiger partial charge in [0.1, 0.15) is 0 Å². The van der Waals surface area contributed by atoms with Crippen molar-refractivity contribution in [2.75, 3.05) is 17.1 Å². The number of sulfonamides is 1. The molecule has 142 valence electrons. The Hall–Kier alpha value is -3.27. The number of hydrogen-bond acceptors (Lipinski definition) is 7. The Morgan fingerprint density at radius 1 is 1.04 bits per heavy atom. The lowest BCUT2D eigenvalue weighted by molar-refractivity contribution is -0.135. The number of benzene rings is 1. The highest BCUT2D eigenvalue weighted by molar-refractivity contribution is 7.92. The predicted octanol–water partition coefficient (Wildman–Crippen LogP) is 1.56. The molecule has 1 aromatic heterocycles.